The normalized spacial score (nSPS) is 11.1. The minimum atomic E-state index is -0.224. The predicted molar refractivity (Wildman–Crippen MR) is 68.7 cm³/mol. The Morgan fingerprint density at radius 1 is 1.47 bits per heavy atom. The van der Waals surface area contributed by atoms with Crippen molar-refractivity contribution in [2.24, 2.45) is 0 Å². The zero-order valence-corrected chi connectivity index (χ0v) is 9.91. The molecule has 0 unspecified atom stereocenters. The molecular formula is C12H12N2O2S. The number of carbonyl (C=O) groups excluding carboxylic acids is 1. The number of nitrogens with one attached hydrogen (secondary N) is 1. The van der Waals surface area contributed by atoms with Gasteiger partial charge in [0.1, 0.15) is 5.01 Å². The van der Waals surface area contributed by atoms with Crippen LogP contribution in [-0.2, 0) is 4.79 Å². The van der Waals surface area contributed by atoms with Crippen LogP contribution in [0.1, 0.15) is 5.01 Å². The molecule has 0 aliphatic heterocycles. The topological polar surface area (TPSA) is 62.2 Å². The van der Waals surface area contributed by atoms with E-state index in [-0.39, 0.29) is 19.1 Å². The van der Waals surface area contributed by atoms with Crippen molar-refractivity contribution in [3.05, 3.63) is 35.3 Å². The fourth-order valence-electron chi connectivity index (χ4n) is 1.35. The van der Waals surface area contributed by atoms with E-state index in [4.69, 9.17) is 5.11 Å². The van der Waals surface area contributed by atoms with Crippen LogP contribution < -0.4 is 5.32 Å². The minimum absolute atomic E-state index is 0.0548. The van der Waals surface area contributed by atoms with E-state index in [1.165, 1.54) is 17.4 Å². The quantitative estimate of drug-likeness (QED) is 0.804. The number of aromatic nitrogens is 1. The zero-order valence-electron chi connectivity index (χ0n) is 9.09. The van der Waals surface area contributed by atoms with Crippen LogP contribution in [0.5, 0.6) is 0 Å². The van der Waals surface area contributed by atoms with Crippen LogP contribution in [0.3, 0.4) is 0 Å². The second kappa shape index (κ2) is 5.56. The molecule has 5 heteroatoms. The average molecular weight is 248 g/mol. The lowest BCUT2D eigenvalue weighted by atomic mass is 10.3. The number of nitrogens with zero attached hydrogens (tertiary/aromatic N) is 1. The van der Waals surface area contributed by atoms with Gasteiger partial charge in [-0.2, -0.15) is 0 Å². The van der Waals surface area contributed by atoms with Crippen molar-refractivity contribution in [1.29, 1.82) is 0 Å². The number of carbonyl (C=O) groups is 1. The molecule has 0 fully saturated rings. The number of aliphatic hydroxyl groups is 1. The van der Waals surface area contributed by atoms with Gasteiger partial charge in [0.05, 0.1) is 16.8 Å². The molecule has 0 aliphatic carbocycles. The molecule has 1 heterocycles. The van der Waals surface area contributed by atoms with Crippen molar-refractivity contribution in [1.82, 2.24) is 10.3 Å². The first kappa shape index (κ1) is 11.8. The van der Waals surface area contributed by atoms with Gasteiger partial charge in [0, 0.05) is 12.6 Å². The van der Waals surface area contributed by atoms with Gasteiger partial charge in [-0.3, -0.25) is 4.79 Å². The van der Waals surface area contributed by atoms with E-state index < -0.39 is 0 Å². The van der Waals surface area contributed by atoms with Crippen LogP contribution in [0.2, 0.25) is 0 Å². The smallest absolute Gasteiger partial charge is 0.244 e. The monoisotopic (exact) mass is 248 g/mol. The second-order valence-corrected chi connectivity index (χ2v) is 4.43. The Hall–Kier alpha value is -1.72. The second-order valence-electron chi connectivity index (χ2n) is 3.37. The Labute approximate surface area is 103 Å². The number of hydrogen-bond donors (Lipinski definition) is 2. The molecule has 0 atom stereocenters. The number of para-hydroxylation sites is 1. The van der Waals surface area contributed by atoms with Gasteiger partial charge in [0.2, 0.25) is 5.91 Å². The van der Waals surface area contributed by atoms with E-state index >= 15 is 0 Å². The molecule has 2 rings (SSSR count). The molecule has 1 amide bonds. The van der Waals surface area contributed by atoms with Gasteiger partial charge < -0.3 is 10.4 Å². The van der Waals surface area contributed by atoms with Crippen LogP contribution >= 0.6 is 11.3 Å². The number of thiazole rings is 1. The van der Waals surface area contributed by atoms with Crippen molar-refractivity contribution in [2.45, 2.75) is 0 Å². The van der Waals surface area contributed by atoms with Gasteiger partial charge in [-0.1, -0.05) is 12.1 Å². The van der Waals surface area contributed by atoms with Gasteiger partial charge in [-0.15, -0.1) is 11.3 Å². The van der Waals surface area contributed by atoms with E-state index in [1.807, 2.05) is 24.3 Å². The molecule has 1 aromatic heterocycles. The van der Waals surface area contributed by atoms with Crippen LogP contribution in [-0.4, -0.2) is 29.1 Å². The lowest BCUT2D eigenvalue weighted by Gasteiger charge is -1.95. The van der Waals surface area contributed by atoms with Gasteiger partial charge in [0.25, 0.3) is 0 Å². The molecule has 17 heavy (non-hydrogen) atoms. The maximum Gasteiger partial charge on any atom is 0.244 e. The molecule has 1 aromatic carbocycles. The minimum Gasteiger partial charge on any atom is -0.395 e. The molecule has 88 valence electrons. The highest BCUT2D eigenvalue weighted by Gasteiger charge is 2.00. The average Bonchev–Trinajstić information content (AvgIpc) is 2.76. The molecule has 4 nitrogen and oxygen atoms in total. The maximum absolute atomic E-state index is 11.3. The molecular weight excluding hydrogens is 236 g/mol. The van der Waals surface area contributed by atoms with E-state index in [0.29, 0.717) is 0 Å². The standard InChI is InChI=1S/C12H12N2O2S/c15-8-7-13-11(16)5-6-12-14-9-3-1-2-4-10(9)17-12/h1-6,15H,7-8H2,(H,13,16)/b6-5+. The molecule has 2 N–H and O–H groups in total. The summed E-state index contributed by atoms with van der Waals surface area (Å²) in [6.45, 7) is 0.212. The van der Waals surface area contributed by atoms with Gasteiger partial charge >= 0.3 is 0 Å². The molecule has 2 aromatic rings. The molecule has 0 saturated carbocycles. The Bertz CT molecular complexity index is 515. The number of amides is 1. The third-order valence-corrected chi connectivity index (χ3v) is 3.10. The first-order valence-corrected chi connectivity index (χ1v) is 6.03. The van der Waals surface area contributed by atoms with E-state index in [1.54, 1.807) is 6.08 Å². The van der Waals surface area contributed by atoms with Crippen LogP contribution in [0.15, 0.2) is 30.3 Å². The van der Waals surface area contributed by atoms with Crippen molar-refractivity contribution in [3.63, 3.8) is 0 Å². The van der Waals surface area contributed by atoms with Gasteiger partial charge in [-0.05, 0) is 18.2 Å². The summed E-state index contributed by atoms with van der Waals surface area (Å²) < 4.78 is 1.10. The summed E-state index contributed by atoms with van der Waals surface area (Å²) in [5.41, 5.74) is 0.938. The Morgan fingerprint density at radius 2 is 2.29 bits per heavy atom. The van der Waals surface area contributed by atoms with Gasteiger partial charge in [0.15, 0.2) is 0 Å². The number of benzene rings is 1. The van der Waals surface area contributed by atoms with Crippen LogP contribution in [0.25, 0.3) is 16.3 Å². The summed E-state index contributed by atoms with van der Waals surface area (Å²) in [6.07, 6.45) is 3.10. The lowest BCUT2D eigenvalue weighted by Crippen LogP contribution is -2.24. The van der Waals surface area contributed by atoms with Crippen molar-refractivity contribution in [2.75, 3.05) is 13.2 Å². The third-order valence-electron chi connectivity index (χ3n) is 2.10. The van der Waals surface area contributed by atoms with Gasteiger partial charge in [-0.25, -0.2) is 4.98 Å². The van der Waals surface area contributed by atoms with Crippen molar-refractivity contribution >= 4 is 33.5 Å². The van der Waals surface area contributed by atoms with Crippen LogP contribution in [0, 0.1) is 0 Å². The molecule has 0 radical (unpaired) electrons. The fraction of sp³-hybridized carbons (Fsp3) is 0.167. The zero-order chi connectivity index (χ0) is 12.1. The number of rotatable bonds is 4. The largest absolute Gasteiger partial charge is 0.395 e. The Morgan fingerprint density at radius 3 is 3.06 bits per heavy atom. The summed E-state index contributed by atoms with van der Waals surface area (Å²) in [6, 6.07) is 7.83. The van der Waals surface area contributed by atoms with Crippen LogP contribution in [0.4, 0.5) is 0 Å². The van der Waals surface area contributed by atoms with E-state index in [0.717, 1.165) is 15.2 Å². The van der Waals surface area contributed by atoms with Crippen molar-refractivity contribution < 1.29 is 9.90 Å². The SMILES string of the molecule is O=C(/C=C/c1nc2ccccc2s1)NCCO. The number of hydrogen-bond acceptors (Lipinski definition) is 4. The fourth-order valence-corrected chi connectivity index (χ4v) is 2.22. The van der Waals surface area contributed by atoms with Crippen molar-refractivity contribution in [3.8, 4) is 0 Å². The Kier molecular flexibility index (Phi) is 3.85. The summed E-state index contributed by atoms with van der Waals surface area (Å²) in [7, 11) is 0. The molecule has 0 aliphatic rings. The summed E-state index contributed by atoms with van der Waals surface area (Å²) in [4.78, 5) is 15.6. The van der Waals surface area contributed by atoms with E-state index in [2.05, 4.69) is 10.3 Å². The summed E-state index contributed by atoms with van der Waals surface area (Å²) >= 11 is 1.54. The summed E-state index contributed by atoms with van der Waals surface area (Å²) in [5, 5.41) is 11.9. The first-order chi connectivity index (χ1) is 8.29. The maximum atomic E-state index is 11.3. The number of fused-ring (bicyclic) bond motifs is 1. The predicted octanol–water partition coefficient (Wildman–Crippen LogP) is 1.42. The highest BCUT2D eigenvalue weighted by molar-refractivity contribution is 7.19. The molecule has 0 bridgehead atoms. The Balaban J connectivity index is 2.07. The molecule has 0 saturated heterocycles. The lowest BCUT2D eigenvalue weighted by molar-refractivity contribution is -0.116. The van der Waals surface area contributed by atoms with E-state index in [9.17, 15) is 4.79 Å². The molecule has 0 spiro atoms. The number of aliphatic hydroxyl groups excluding tert-OH is 1. The third kappa shape index (κ3) is 3.12. The first-order valence-electron chi connectivity index (χ1n) is 5.22. The highest BCUT2D eigenvalue weighted by atomic mass is 32.1. The summed E-state index contributed by atoms with van der Waals surface area (Å²) in [5.74, 6) is -0.224. The highest BCUT2D eigenvalue weighted by Crippen LogP contribution is 2.22.